The van der Waals surface area contributed by atoms with E-state index in [0.29, 0.717) is 16.3 Å². The molecule has 0 atom stereocenters. The number of amidine groups is 1. The summed E-state index contributed by atoms with van der Waals surface area (Å²) in [5.41, 5.74) is 1.29. The third-order valence-electron chi connectivity index (χ3n) is 5.43. The second-order valence-corrected chi connectivity index (χ2v) is 8.13. The Morgan fingerprint density at radius 3 is 2.24 bits per heavy atom. The van der Waals surface area contributed by atoms with Crippen LogP contribution in [0.25, 0.3) is 0 Å². The minimum absolute atomic E-state index is 0.166. The summed E-state index contributed by atoms with van der Waals surface area (Å²) in [7, 11) is 0. The number of anilines is 2. The van der Waals surface area contributed by atoms with E-state index < -0.39 is 17.6 Å². The van der Waals surface area contributed by atoms with Crippen molar-refractivity contribution in [1.82, 2.24) is 4.90 Å². The summed E-state index contributed by atoms with van der Waals surface area (Å²) in [5.74, 6) is -1.58. The lowest BCUT2D eigenvalue weighted by molar-refractivity contribution is 0.102. The number of amides is 2. The number of hydrogen-bond acceptors (Lipinski definition) is 3. The molecule has 1 aliphatic rings. The quantitative estimate of drug-likeness (QED) is 0.349. The van der Waals surface area contributed by atoms with E-state index in [0.717, 1.165) is 25.9 Å². The SMILES string of the molecule is N=C(c1ccc(C(=O)Nc2ccccc2C(=O)Nc2ccc(Cl)cc2)c(F)c1)N1CCCC1. The zero-order chi connectivity index (χ0) is 23.4. The number of hydrogen-bond donors (Lipinski definition) is 3. The minimum Gasteiger partial charge on any atom is -0.357 e. The smallest absolute Gasteiger partial charge is 0.258 e. The van der Waals surface area contributed by atoms with Gasteiger partial charge in [-0.15, -0.1) is 0 Å². The molecular weight excluding hydrogens is 443 g/mol. The molecule has 1 saturated heterocycles. The summed E-state index contributed by atoms with van der Waals surface area (Å²) in [5, 5.41) is 14.2. The molecule has 0 radical (unpaired) electrons. The Kier molecular flexibility index (Phi) is 6.70. The molecule has 1 heterocycles. The number of likely N-dealkylation sites (tertiary alicyclic amines) is 1. The summed E-state index contributed by atoms with van der Waals surface area (Å²) in [6.45, 7) is 1.55. The molecule has 8 heteroatoms. The van der Waals surface area contributed by atoms with Gasteiger partial charge in [-0.25, -0.2) is 4.39 Å². The van der Waals surface area contributed by atoms with Crippen LogP contribution in [0.1, 0.15) is 39.1 Å². The molecule has 0 bridgehead atoms. The van der Waals surface area contributed by atoms with E-state index in [2.05, 4.69) is 10.6 Å². The van der Waals surface area contributed by atoms with Crippen molar-refractivity contribution in [2.75, 3.05) is 23.7 Å². The van der Waals surface area contributed by atoms with Crippen LogP contribution in [0.2, 0.25) is 5.02 Å². The number of carbonyl (C=O) groups excluding carboxylic acids is 2. The van der Waals surface area contributed by atoms with Crippen LogP contribution in [-0.2, 0) is 0 Å². The van der Waals surface area contributed by atoms with Crippen molar-refractivity contribution in [2.24, 2.45) is 0 Å². The predicted molar refractivity (Wildman–Crippen MR) is 128 cm³/mol. The van der Waals surface area contributed by atoms with Crippen molar-refractivity contribution in [2.45, 2.75) is 12.8 Å². The van der Waals surface area contributed by atoms with E-state index in [-0.39, 0.29) is 22.6 Å². The van der Waals surface area contributed by atoms with Crippen LogP contribution >= 0.6 is 11.6 Å². The fourth-order valence-electron chi connectivity index (χ4n) is 3.68. The molecular formula is C25H22ClFN4O2. The number of nitrogens with one attached hydrogen (secondary N) is 3. The Labute approximate surface area is 195 Å². The van der Waals surface area contributed by atoms with Gasteiger partial charge < -0.3 is 15.5 Å². The van der Waals surface area contributed by atoms with Crippen LogP contribution in [-0.4, -0.2) is 35.6 Å². The summed E-state index contributed by atoms with van der Waals surface area (Å²) >= 11 is 5.87. The van der Waals surface area contributed by atoms with Gasteiger partial charge in [0, 0.05) is 29.4 Å². The largest absolute Gasteiger partial charge is 0.357 e. The van der Waals surface area contributed by atoms with Crippen molar-refractivity contribution in [1.29, 1.82) is 5.41 Å². The minimum atomic E-state index is -0.725. The van der Waals surface area contributed by atoms with Gasteiger partial charge in [0.05, 0.1) is 16.8 Å². The van der Waals surface area contributed by atoms with E-state index in [1.807, 2.05) is 4.90 Å². The molecule has 0 aliphatic carbocycles. The van der Waals surface area contributed by atoms with Gasteiger partial charge in [-0.2, -0.15) is 0 Å². The second-order valence-electron chi connectivity index (χ2n) is 7.70. The van der Waals surface area contributed by atoms with Gasteiger partial charge in [-0.3, -0.25) is 15.0 Å². The van der Waals surface area contributed by atoms with Crippen molar-refractivity contribution < 1.29 is 14.0 Å². The Balaban J connectivity index is 1.50. The van der Waals surface area contributed by atoms with Crippen molar-refractivity contribution in [3.8, 4) is 0 Å². The fraction of sp³-hybridized carbons (Fsp3) is 0.160. The summed E-state index contributed by atoms with van der Waals surface area (Å²) in [6, 6.07) is 17.3. The van der Waals surface area contributed by atoms with E-state index in [1.54, 1.807) is 54.6 Å². The van der Waals surface area contributed by atoms with Gasteiger partial charge >= 0.3 is 0 Å². The average Bonchev–Trinajstić information content (AvgIpc) is 3.35. The van der Waals surface area contributed by atoms with Crippen molar-refractivity contribution >= 4 is 40.6 Å². The predicted octanol–water partition coefficient (Wildman–Crippen LogP) is 5.40. The highest BCUT2D eigenvalue weighted by Crippen LogP contribution is 2.21. The molecule has 1 fully saturated rings. The van der Waals surface area contributed by atoms with Gasteiger partial charge in [0.2, 0.25) is 0 Å². The van der Waals surface area contributed by atoms with Crippen LogP contribution in [0, 0.1) is 11.2 Å². The molecule has 0 spiro atoms. The van der Waals surface area contributed by atoms with Gasteiger partial charge in [0.25, 0.3) is 11.8 Å². The molecule has 6 nitrogen and oxygen atoms in total. The van der Waals surface area contributed by atoms with Gasteiger partial charge in [-0.05, 0) is 61.4 Å². The van der Waals surface area contributed by atoms with Gasteiger partial charge in [0.1, 0.15) is 11.7 Å². The molecule has 4 rings (SSSR count). The molecule has 0 saturated carbocycles. The number of para-hydroxylation sites is 1. The molecule has 1 aliphatic heterocycles. The summed E-state index contributed by atoms with van der Waals surface area (Å²) in [6.07, 6.45) is 2.02. The lowest BCUT2D eigenvalue weighted by Crippen LogP contribution is -2.28. The first-order chi connectivity index (χ1) is 15.9. The van der Waals surface area contributed by atoms with Crippen LogP contribution < -0.4 is 10.6 Å². The fourth-order valence-corrected chi connectivity index (χ4v) is 3.81. The van der Waals surface area contributed by atoms with Crippen molar-refractivity contribution in [3.63, 3.8) is 0 Å². The van der Waals surface area contributed by atoms with Gasteiger partial charge in [0.15, 0.2) is 0 Å². The standard InChI is InChI=1S/C25H22ClFN4O2/c26-17-8-10-18(11-9-17)29-25(33)20-5-1-2-6-22(20)30-24(32)19-12-7-16(15-21(19)27)23(28)31-13-3-4-14-31/h1-2,5-12,15,28H,3-4,13-14H2,(H,29,33)(H,30,32). The van der Waals surface area contributed by atoms with Crippen LogP contribution in [0.3, 0.4) is 0 Å². The van der Waals surface area contributed by atoms with E-state index in [9.17, 15) is 14.0 Å². The lowest BCUT2D eigenvalue weighted by atomic mass is 10.1. The topological polar surface area (TPSA) is 85.3 Å². The van der Waals surface area contributed by atoms with Crippen LogP contribution in [0.15, 0.2) is 66.7 Å². The maximum atomic E-state index is 14.8. The molecule has 3 aromatic carbocycles. The highest BCUT2D eigenvalue weighted by atomic mass is 35.5. The Morgan fingerprint density at radius 1 is 0.879 bits per heavy atom. The third kappa shape index (κ3) is 5.21. The maximum Gasteiger partial charge on any atom is 0.258 e. The number of nitrogens with zero attached hydrogens (tertiary/aromatic N) is 1. The number of benzene rings is 3. The third-order valence-corrected chi connectivity index (χ3v) is 5.68. The van der Waals surface area contributed by atoms with Crippen LogP contribution in [0.4, 0.5) is 15.8 Å². The lowest BCUT2D eigenvalue weighted by Gasteiger charge is -2.19. The Bertz CT molecular complexity index is 1210. The Morgan fingerprint density at radius 2 is 1.55 bits per heavy atom. The van der Waals surface area contributed by atoms with Crippen LogP contribution in [0.5, 0.6) is 0 Å². The molecule has 168 valence electrons. The first kappa shape index (κ1) is 22.5. The molecule has 0 aromatic heterocycles. The second kappa shape index (κ2) is 9.83. The normalized spacial score (nSPS) is 13.0. The van der Waals surface area contributed by atoms with Gasteiger partial charge in [-0.1, -0.05) is 29.8 Å². The Hall–Kier alpha value is -3.71. The first-order valence-corrected chi connectivity index (χ1v) is 10.9. The van der Waals surface area contributed by atoms with E-state index in [4.69, 9.17) is 17.0 Å². The monoisotopic (exact) mass is 464 g/mol. The van der Waals surface area contributed by atoms with E-state index in [1.165, 1.54) is 12.1 Å². The zero-order valence-electron chi connectivity index (χ0n) is 17.7. The summed E-state index contributed by atoms with van der Waals surface area (Å²) < 4.78 is 14.8. The maximum absolute atomic E-state index is 14.8. The van der Waals surface area contributed by atoms with E-state index >= 15 is 0 Å². The summed E-state index contributed by atoms with van der Waals surface area (Å²) in [4.78, 5) is 27.4. The first-order valence-electron chi connectivity index (χ1n) is 10.5. The highest BCUT2D eigenvalue weighted by molar-refractivity contribution is 6.30. The molecule has 0 unspecified atom stereocenters. The molecule has 3 aromatic rings. The number of rotatable bonds is 5. The number of halogens is 2. The average molecular weight is 465 g/mol. The molecule has 2 amide bonds. The zero-order valence-corrected chi connectivity index (χ0v) is 18.5. The van der Waals surface area contributed by atoms with Crippen molar-refractivity contribution in [3.05, 3.63) is 94.3 Å². The molecule has 3 N–H and O–H groups in total. The number of carbonyl (C=O) groups is 2. The molecule has 33 heavy (non-hydrogen) atoms. The highest BCUT2D eigenvalue weighted by Gasteiger charge is 2.20.